The summed E-state index contributed by atoms with van der Waals surface area (Å²) < 4.78 is 14.1. The lowest BCUT2D eigenvalue weighted by Crippen LogP contribution is -2.12. The highest BCUT2D eigenvalue weighted by Gasteiger charge is 2.10. The van der Waals surface area contributed by atoms with E-state index in [1.54, 1.807) is 0 Å². The molecule has 6 heteroatoms. The number of benzene rings is 4. The summed E-state index contributed by atoms with van der Waals surface area (Å²) in [6, 6.07) is 32.3. The van der Waals surface area contributed by atoms with E-state index in [1.807, 2.05) is 72.8 Å². The first-order valence-corrected chi connectivity index (χ1v) is 12.3. The first-order valence-electron chi connectivity index (χ1n) is 10.1. The molecule has 0 spiro atoms. The quantitative estimate of drug-likeness (QED) is 0.146. The van der Waals surface area contributed by atoms with Crippen LogP contribution < -0.4 is 20.3 Å². The molecular weight excluding hydrogens is 626 g/mol. The third-order valence-electron chi connectivity index (χ3n) is 4.73. The zero-order valence-corrected chi connectivity index (χ0v) is 21.5. The Labute approximate surface area is 215 Å². The fourth-order valence-corrected chi connectivity index (χ4v) is 4.34. The van der Waals surface area contributed by atoms with Crippen LogP contribution in [0, 0.1) is 7.14 Å². The topological polar surface area (TPSA) is 42.5 Å². The van der Waals surface area contributed by atoms with Crippen molar-refractivity contribution >= 4 is 56.6 Å². The average molecular weight is 648 g/mol. The van der Waals surface area contributed by atoms with E-state index < -0.39 is 0 Å². The molecule has 4 nitrogen and oxygen atoms in total. The fraction of sp³-hybridized carbons (Fsp3) is 0.0769. The average Bonchev–Trinajstić information content (AvgIpc) is 2.84. The molecule has 4 aromatic carbocycles. The molecule has 32 heavy (non-hydrogen) atoms. The summed E-state index contributed by atoms with van der Waals surface area (Å²) in [6.07, 6.45) is 0. The lowest BCUT2D eigenvalue weighted by atomic mass is 10.2. The summed E-state index contributed by atoms with van der Waals surface area (Å²) >= 11 is 4.62. The van der Waals surface area contributed by atoms with Crippen LogP contribution in [0.4, 0.5) is 11.4 Å². The van der Waals surface area contributed by atoms with E-state index in [9.17, 15) is 0 Å². The van der Waals surface area contributed by atoms with E-state index in [4.69, 9.17) is 9.47 Å². The molecule has 0 aromatic heterocycles. The molecule has 0 saturated carbocycles. The van der Waals surface area contributed by atoms with Gasteiger partial charge in [-0.3, -0.25) is 10.9 Å². The van der Waals surface area contributed by atoms with Crippen LogP contribution in [0.3, 0.4) is 0 Å². The van der Waals surface area contributed by atoms with Crippen LogP contribution in [0.5, 0.6) is 11.5 Å². The molecule has 2 N–H and O–H groups in total. The molecule has 0 unspecified atom stereocenters. The van der Waals surface area contributed by atoms with Gasteiger partial charge >= 0.3 is 0 Å². The van der Waals surface area contributed by atoms with E-state index >= 15 is 0 Å². The van der Waals surface area contributed by atoms with Gasteiger partial charge in [0.05, 0.1) is 18.5 Å². The molecule has 4 aromatic rings. The van der Waals surface area contributed by atoms with Crippen LogP contribution in [-0.2, 0) is 13.2 Å². The van der Waals surface area contributed by atoms with Gasteiger partial charge in [-0.25, -0.2) is 0 Å². The van der Waals surface area contributed by atoms with Crippen molar-refractivity contribution in [2.45, 2.75) is 13.2 Å². The molecule has 4 rings (SSSR count). The van der Waals surface area contributed by atoms with E-state index in [0.717, 1.165) is 41.1 Å². The molecule has 0 aliphatic heterocycles. The molecule has 0 amide bonds. The largest absolute Gasteiger partial charge is 0.488 e. The van der Waals surface area contributed by atoms with Gasteiger partial charge in [-0.15, -0.1) is 0 Å². The first-order chi connectivity index (χ1) is 15.7. The number of rotatable bonds is 9. The second-order valence-corrected chi connectivity index (χ2v) is 9.19. The number of nitrogens with one attached hydrogen (secondary N) is 2. The Kier molecular flexibility index (Phi) is 8.11. The third-order valence-corrected chi connectivity index (χ3v) is 6.96. The van der Waals surface area contributed by atoms with Gasteiger partial charge in [-0.05, 0) is 80.6 Å². The fourth-order valence-electron chi connectivity index (χ4n) is 3.04. The smallest absolute Gasteiger partial charge is 0.135 e. The van der Waals surface area contributed by atoms with Crippen molar-refractivity contribution in [2.24, 2.45) is 0 Å². The highest BCUT2D eigenvalue weighted by molar-refractivity contribution is 14.1. The monoisotopic (exact) mass is 648 g/mol. The van der Waals surface area contributed by atoms with Crippen molar-refractivity contribution < 1.29 is 9.47 Å². The molecule has 0 fully saturated rings. The lowest BCUT2D eigenvalue weighted by Gasteiger charge is -2.17. The second kappa shape index (κ2) is 11.4. The van der Waals surface area contributed by atoms with E-state index in [-0.39, 0.29) is 0 Å². The van der Waals surface area contributed by atoms with Gasteiger partial charge in [0.25, 0.3) is 0 Å². The maximum Gasteiger partial charge on any atom is 0.135 e. The van der Waals surface area contributed by atoms with Gasteiger partial charge in [-0.1, -0.05) is 72.8 Å². The van der Waals surface area contributed by atoms with Crippen molar-refractivity contribution in [1.29, 1.82) is 0 Å². The summed E-state index contributed by atoms with van der Waals surface area (Å²) in [5, 5.41) is 0. The Hall–Kier alpha value is -2.46. The summed E-state index contributed by atoms with van der Waals surface area (Å²) in [4.78, 5) is 0. The van der Waals surface area contributed by atoms with Gasteiger partial charge < -0.3 is 9.47 Å². The number of halogens is 2. The summed E-state index contributed by atoms with van der Waals surface area (Å²) in [6.45, 7) is 1.07. The lowest BCUT2D eigenvalue weighted by molar-refractivity contribution is 0.304. The van der Waals surface area contributed by atoms with Crippen LogP contribution in [0.25, 0.3) is 0 Å². The summed E-state index contributed by atoms with van der Waals surface area (Å²) in [5.74, 6) is 1.69. The van der Waals surface area contributed by atoms with Gasteiger partial charge in [-0.2, -0.15) is 0 Å². The van der Waals surface area contributed by atoms with Crippen molar-refractivity contribution in [3.8, 4) is 11.5 Å². The number of hydrogen-bond donors (Lipinski definition) is 2. The Bertz CT molecular complexity index is 1060. The Morgan fingerprint density at radius 3 is 1.31 bits per heavy atom. The zero-order valence-electron chi connectivity index (χ0n) is 17.2. The molecule has 0 bridgehead atoms. The maximum absolute atomic E-state index is 6.04. The number of ether oxygens (including phenoxy) is 2. The van der Waals surface area contributed by atoms with Gasteiger partial charge in [0.2, 0.25) is 0 Å². The first kappa shape index (κ1) is 22.7. The molecule has 0 heterocycles. The maximum atomic E-state index is 6.04. The van der Waals surface area contributed by atoms with Crippen molar-refractivity contribution in [2.75, 3.05) is 10.9 Å². The van der Waals surface area contributed by atoms with Crippen molar-refractivity contribution in [3.63, 3.8) is 0 Å². The number of hydrazine groups is 1. The Balaban J connectivity index is 1.40. The highest BCUT2D eigenvalue weighted by Crippen LogP contribution is 2.31. The molecule has 0 atom stereocenters. The van der Waals surface area contributed by atoms with E-state index in [1.165, 1.54) is 0 Å². The normalized spacial score (nSPS) is 10.4. The zero-order chi connectivity index (χ0) is 22.2. The highest BCUT2D eigenvalue weighted by atomic mass is 127. The predicted octanol–water partition coefficient (Wildman–Crippen LogP) is 7.49. The summed E-state index contributed by atoms with van der Waals surface area (Å²) in [5.41, 5.74) is 10.8. The SMILES string of the molecule is Ic1c(NNc2cccc(OCc3ccccc3)c2I)cccc1OCc1ccccc1. The minimum atomic E-state index is 0.534. The van der Waals surface area contributed by atoms with Crippen LogP contribution in [0.2, 0.25) is 0 Å². The van der Waals surface area contributed by atoms with Crippen molar-refractivity contribution in [3.05, 3.63) is 115 Å². The molecule has 0 radical (unpaired) electrons. The number of hydrogen-bond acceptors (Lipinski definition) is 4. The predicted molar refractivity (Wildman–Crippen MR) is 147 cm³/mol. The van der Waals surface area contributed by atoms with Gasteiger partial charge in [0.15, 0.2) is 0 Å². The van der Waals surface area contributed by atoms with Crippen molar-refractivity contribution in [1.82, 2.24) is 0 Å². The van der Waals surface area contributed by atoms with Gasteiger partial charge in [0.1, 0.15) is 24.7 Å². The Morgan fingerprint density at radius 1 is 0.500 bits per heavy atom. The molecule has 0 aliphatic carbocycles. The molecule has 0 aliphatic rings. The minimum absolute atomic E-state index is 0.534. The van der Waals surface area contributed by atoms with Crippen LogP contribution in [0.15, 0.2) is 97.1 Å². The number of anilines is 2. The second-order valence-electron chi connectivity index (χ2n) is 7.03. The third kappa shape index (κ3) is 6.07. The van der Waals surface area contributed by atoms with E-state index in [0.29, 0.717) is 13.2 Å². The standard InChI is InChI=1S/C26H22I2N2O2/c27-25-21(13-7-15-23(25)31-17-19-9-3-1-4-10-19)29-30-22-14-8-16-24(26(22)28)32-18-20-11-5-2-6-12-20/h1-16,29-30H,17-18H2. The van der Waals surface area contributed by atoms with Crippen LogP contribution in [-0.4, -0.2) is 0 Å². The van der Waals surface area contributed by atoms with Crippen LogP contribution >= 0.6 is 45.2 Å². The molecule has 162 valence electrons. The van der Waals surface area contributed by atoms with Crippen LogP contribution in [0.1, 0.15) is 11.1 Å². The van der Waals surface area contributed by atoms with Gasteiger partial charge in [0, 0.05) is 0 Å². The van der Waals surface area contributed by atoms with E-state index in [2.05, 4.69) is 80.3 Å². The minimum Gasteiger partial charge on any atom is -0.488 e. The molecule has 0 saturated heterocycles. The Morgan fingerprint density at radius 2 is 0.906 bits per heavy atom. The summed E-state index contributed by atoms with van der Waals surface area (Å²) in [7, 11) is 0. The molecular formula is C26H22I2N2O2.